The fourth-order valence-corrected chi connectivity index (χ4v) is 2.48. The van der Waals surface area contributed by atoms with Gasteiger partial charge in [-0.25, -0.2) is 12.7 Å². The normalized spacial score (nSPS) is 13.8. The minimum absolute atomic E-state index is 0.0293. The van der Waals surface area contributed by atoms with Gasteiger partial charge in [0.15, 0.2) is 0 Å². The highest BCUT2D eigenvalue weighted by Crippen LogP contribution is 2.05. The van der Waals surface area contributed by atoms with Crippen LogP contribution in [0.15, 0.2) is 5.16 Å². The van der Waals surface area contributed by atoms with E-state index in [0.29, 0.717) is 0 Å². The van der Waals surface area contributed by atoms with Crippen molar-refractivity contribution in [3.63, 3.8) is 0 Å². The summed E-state index contributed by atoms with van der Waals surface area (Å²) in [5, 5.41) is 11.1. The molecule has 90 valence electrons. The molecule has 15 heavy (non-hydrogen) atoms. The van der Waals surface area contributed by atoms with Gasteiger partial charge in [0, 0.05) is 20.0 Å². The Bertz CT molecular complexity index is 311. The summed E-state index contributed by atoms with van der Waals surface area (Å²) < 4.78 is 24.5. The van der Waals surface area contributed by atoms with Crippen molar-refractivity contribution in [2.24, 2.45) is 16.8 Å². The van der Waals surface area contributed by atoms with Gasteiger partial charge in [-0.15, -0.1) is 0 Å². The van der Waals surface area contributed by atoms with Gasteiger partial charge >= 0.3 is 0 Å². The summed E-state index contributed by atoms with van der Waals surface area (Å²) in [5.74, 6) is 0.225. The second-order valence-electron chi connectivity index (χ2n) is 3.84. The highest BCUT2D eigenvalue weighted by Gasteiger charge is 2.19. The maximum Gasteiger partial charge on any atom is 0.214 e. The van der Waals surface area contributed by atoms with Crippen LogP contribution in [-0.2, 0) is 10.0 Å². The lowest BCUT2D eigenvalue weighted by molar-refractivity contribution is 0.316. The number of hydrogen-bond donors (Lipinski definition) is 2. The van der Waals surface area contributed by atoms with E-state index < -0.39 is 10.0 Å². The van der Waals surface area contributed by atoms with E-state index in [4.69, 9.17) is 10.9 Å². The number of hydrogen-bond acceptors (Lipinski definition) is 4. The standard InChI is InChI=1S/C8H19N3O3S/c1-7(2)6-15(13,14)11(3)5-4-8(9)10-12/h7,12H,4-6H2,1-3H3,(H2,9,10). The molecule has 0 amide bonds. The maximum absolute atomic E-state index is 11.6. The van der Waals surface area contributed by atoms with E-state index in [-0.39, 0.29) is 30.5 Å². The molecule has 0 aromatic carbocycles. The van der Waals surface area contributed by atoms with Crippen molar-refractivity contribution >= 4 is 15.9 Å². The smallest absolute Gasteiger partial charge is 0.214 e. The first-order valence-electron chi connectivity index (χ1n) is 4.70. The van der Waals surface area contributed by atoms with Crippen LogP contribution in [0, 0.1) is 5.92 Å². The molecule has 3 N–H and O–H groups in total. The third-order valence-corrected chi connectivity index (χ3v) is 4.05. The van der Waals surface area contributed by atoms with Gasteiger partial charge in [-0.3, -0.25) is 0 Å². The zero-order chi connectivity index (χ0) is 12.1. The summed E-state index contributed by atoms with van der Waals surface area (Å²) in [7, 11) is -1.73. The first-order chi connectivity index (χ1) is 6.79. The quantitative estimate of drug-likeness (QED) is 0.295. The van der Waals surface area contributed by atoms with E-state index in [1.807, 2.05) is 13.8 Å². The molecule has 0 aromatic heterocycles. The van der Waals surface area contributed by atoms with Gasteiger partial charge < -0.3 is 10.9 Å². The molecule has 0 aliphatic heterocycles. The topological polar surface area (TPSA) is 96.0 Å². The van der Waals surface area contributed by atoms with Gasteiger partial charge in [-0.1, -0.05) is 19.0 Å². The number of oxime groups is 1. The molecule has 0 fully saturated rings. The molecule has 0 atom stereocenters. The Balaban J connectivity index is 4.26. The van der Waals surface area contributed by atoms with Crippen LogP contribution < -0.4 is 5.73 Å². The highest BCUT2D eigenvalue weighted by molar-refractivity contribution is 7.89. The van der Waals surface area contributed by atoms with E-state index in [1.165, 1.54) is 11.4 Å². The fourth-order valence-electron chi connectivity index (χ4n) is 1.01. The van der Waals surface area contributed by atoms with Gasteiger partial charge in [0.05, 0.1) is 5.75 Å². The molecule has 0 heterocycles. The molecular weight excluding hydrogens is 218 g/mol. The molecule has 0 saturated carbocycles. The van der Waals surface area contributed by atoms with Crippen LogP contribution in [0.2, 0.25) is 0 Å². The molecule has 0 radical (unpaired) electrons. The number of rotatable bonds is 6. The van der Waals surface area contributed by atoms with E-state index in [9.17, 15) is 8.42 Å². The average Bonchev–Trinajstić information content (AvgIpc) is 2.11. The molecule has 0 aromatic rings. The van der Waals surface area contributed by atoms with Crippen molar-refractivity contribution in [2.45, 2.75) is 20.3 Å². The minimum atomic E-state index is -3.22. The molecule has 0 aliphatic rings. The molecular formula is C8H19N3O3S. The number of amidine groups is 1. The SMILES string of the molecule is CC(C)CS(=O)(=O)N(C)CCC(N)=NO. The fraction of sp³-hybridized carbons (Fsp3) is 0.875. The zero-order valence-electron chi connectivity index (χ0n) is 9.34. The van der Waals surface area contributed by atoms with Crippen LogP contribution in [0.25, 0.3) is 0 Å². The van der Waals surface area contributed by atoms with Gasteiger partial charge in [-0.2, -0.15) is 0 Å². The van der Waals surface area contributed by atoms with Gasteiger partial charge in [0.1, 0.15) is 5.84 Å². The zero-order valence-corrected chi connectivity index (χ0v) is 10.2. The van der Waals surface area contributed by atoms with Crippen molar-refractivity contribution in [1.29, 1.82) is 0 Å². The van der Waals surface area contributed by atoms with Crippen LogP contribution >= 0.6 is 0 Å². The summed E-state index contributed by atoms with van der Waals surface area (Å²) in [6.45, 7) is 3.91. The first-order valence-corrected chi connectivity index (χ1v) is 6.31. The predicted octanol–water partition coefficient (Wildman–Crippen LogP) is 0.0405. The Morgan fingerprint density at radius 3 is 2.47 bits per heavy atom. The summed E-state index contributed by atoms with van der Waals surface area (Å²) in [6.07, 6.45) is 0.227. The minimum Gasteiger partial charge on any atom is -0.409 e. The molecule has 0 spiro atoms. The van der Waals surface area contributed by atoms with Crippen LogP contribution in [0.5, 0.6) is 0 Å². The van der Waals surface area contributed by atoms with Crippen LogP contribution in [-0.4, -0.2) is 43.1 Å². The second-order valence-corrected chi connectivity index (χ2v) is 5.96. The second kappa shape index (κ2) is 5.92. The Morgan fingerprint density at radius 1 is 1.53 bits per heavy atom. The summed E-state index contributed by atoms with van der Waals surface area (Å²) >= 11 is 0. The number of nitrogens with zero attached hydrogens (tertiary/aromatic N) is 2. The van der Waals surface area contributed by atoms with Crippen LogP contribution in [0.4, 0.5) is 0 Å². The Labute approximate surface area is 90.8 Å². The summed E-state index contributed by atoms with van der Waals surface area (Å²) in [6, 6.07) is 0. The Morgan fingerprint density at radius 2 is 2.07 bits per heavy atom. The van der Waals surface area contributed by atoms with E-state index >= 15 is 0 Å². The number of nitrogens with two attached hydrogens (primary N) is 1. The average molecular weight is 237 g/mol. The molecule has 0 saturated heterocycles. The van der Waals surface area contributed by atoms with Crippen molar-refractivity contribution in [2.75, 3.05) is 19.3 Å². The highest BCUT2D eigenvalue weighted by atomic mass is 32.2. The molecule has 0 rings (SSSR count). The number of sulfonamides is 1. The Kier molecular flexibility index (Phi) is 5.59. The largest absolute Gasteiger partial charge is 0.409 e. The van der Waals surface area contributed by atoms with Crippen molar-refractivity contribution < 1.29 is 13.6 Å². The lowest BCUT2D eigenvalue weighted by Crippen LogP contribution is -2.33. The van der Waals surface area contributed by atoms with Gasteiger partial charge in [0.25, 0.3) is 0 Å². The molecule has 6 nitrogen and oxygen atoms in total. The van der Waals surface area contributed by atoms with E-state index in [0.717, 1.165) is 0 Å². The predicted molar refractivity (Wildman–Crippen MR) is 59.3 cm³/mol. The van der Waals surface area contributed by atoms with Crippen molar-refractivity contribution in [1.82, 2.24) is 4.31 Å². The summed E-state index contributed by atoms with van der Waals surface area (Å²) in [5.41, 5.74) is 5.24. The van der Waals surface area contributed by atoms with Crippen molar-refractivity contribution in [3.8, 4) is 0 Å². The molecule has 0 aliphatic carbocycles. The maximum atomic E-state index is 11.6. The lowest BCUT2D eigenvalue weighted by Gasteiger charge is -2.17. The van der Waals surface area contributed by atoms with Gasteiger partial charge in [-0.05, 0) is 5.92 Å². The van der Waals surface area contributed by atoms with Crippen LogP contribution in [0.3, 0.4) is 0 Å². The monoisotopic (exact) mass is 237 g/mol. The van der Waals surface area contributed by atoms with E-state index in [1.54, 1.807) is 0 Å². The first kappa shape index (κ1) is 14.2. The molecule has 0 unspecified atom stereocenters. The Hall–Kier alpha value is -0.820. The lowest BCUT2D eigenvalue weighted by atomic mass is 10.3. The van der Waals surface area contributed by atoms with E-state index in [2.05, 4.69) is 5.16 Å². The molecule has 0 bridgehead atoms. The third kappa shape index (κ3) is 5.58. The summed E-state index contributed by atoms with van der Waals surface area (Å²) in [4.78, 5) is 0. The third-order valence-electron chi connectivity index (χ3n) is 1.83. The van der Waals surface area contributed by atoms with Crippen molar-refractivity contribution in [3.05, 3.63) is 0 Å². The van der Waals surface area contributed by atoms with Gasteiger partial charge in [0.2, 0.25) is 10.0 Å². The molecule has 7 heteroatoms. The van der Waals surface area contributed by atoms with Crippen LogP contribution in [0.1, 0.15) is 20.3 Å².